The topological polar surface area (TPSA) is 46.4 Å². The van der Waals surface area contributed by atoms with E-state index >= 15 is 0 Å². The summed E-state index contributed by atoms with van der Waals surface area (Å²) < 4.78 is 2.06. The number of fused-ring (bicyclic) bond motifs is 1. The minimum atomic E-state index is 0.0118. The van der Waals surface area contributed by atoms with Gasteiger partial charge in [-0.25, -0.2) is 4.98 Å². The SMILES string of the molecule is CCc1nc(-c2cc(C(=O)NCC3CC3)c3ccccn23)cs1. The summed E-state index contributed by atoms with van der Waals surface area (Å²) in [5.74, 6) is 0.691. The molecule has 3 aromatic heterocycles. The van der Waals surface area contributed by atoms with Crippen LogP contribution in [0.25, 0.3) is 16.9 Å². The third-order valence-electron chi connectivity index (χ3n) is 4.29. The van der Waals surface area contributed by atoms with E-state index in [1.54, 1.807) is 11.3 Å². The largest absolute Gasteiger partial charge is 0.352 e. The Balaban J connectivity index is 1.74. The maximum Gasteiger partial charge on any atom is 0.253 e. The monoisotopic (exact) mass is 325 g/mol. The van der Waals surface area contributed by atoms with Crippen LogP contribution >= 0.6 is 11.3 Å². The summed E-state index contributed by atoms with van der Waals surface area (Å²) in [6.45, 7) is 2.89. The summed E-state index contributed by atoms with van der Waals surface area (Å²) in [5, 5.41) is 6.25. The lowest BCUT2D eigenvalue weighted by atomic mass is 10.2. The van der Waals surface area contributed by atoms with Crippen LogP contribution < -0.4 is 5.32 Å². The summed E-state index contributed by atoms with van der Waals surface area (Å²) in [6, 6.07) is 7.90. The van der Waals surface area contributed by atoms with Crippen molar-refractivity contribution >= 4 is 22.8 Å². The molecule has 4 nitrogen and oxygen atoms in total. The number of carbonyl (C=O) groups is 1. The predicted octanol–water partition coefficient (Wildman–Crippen LogP) is 3.77. The zero-order valence-corrected chi connectivity index (χ0v) is 13.9. The molecule has 0 atom stereocenters. The second-order valence-electron chi connectivity index (χ2n) is 6.03. The standard InChI is InChI=1S/C18H19N3OS/c1-2-17-20-14(11-23-17)16-9-13(15-5-3-4-8-21(15)16)18(22)19-10-12-6-7-12/h3-5,8-9,11-12H,2,6-7,10H2,1H3,(H,19,22). The molecule has 0 aromatic carbocycles. The van der Waals surface area contributed by atoms with E-state index in [2.05, 4.69) is 27.0 Å². The average molecular weight is 325 g/mol. The number of rotatable bonds is 5. The van der Waals surface area contributed by atoms with Gasteiger partial charge in [-0.3, -0.25) is 4.79 Å². The van der Waals surface area contributed by atoms with Gasteiger partial charge in [0.05, 0.1) is 27.5 Å². The van der Waals surface area contributed by atoms with Gasteiger partial charge in [-0.2, -0.15) is 0 Å². The van der Waals surface area contributed by atoms with Crippen LogP contribution in [0.3, 0.4) is 0 Å². The van der Waals surface area contributed by atoms with E-state index in [1.807, 2.05) is 30.5 Å². The Bertz CT molecular complexity index is 860. The van der Waals surface area contributed by atoms with Crippen LogP contribution in [0.1, 0.15) is 35.1 Å². The number of nitrogens with zero attached hydrogens (tertiary/aromatic N) is 2. The van der Waals surface area contributed by atoms with Crippen LogP contribution in [-0.4, -0.2) is 21.8 Å². The van der Waals surface area contributed by atoms with Crippen molar-refractivity contribution in [3.63, 3.8) is 0 Å². The maximum absolute atomic E-state index is 12.6. The third kappa shape index (κ3) is 2.77. The van der Waals surface area contributed by atoms with Gasteiger partial charge in [0.2, 0.25) is 0 Å². The third-order valence-corrected chi connectivity index (χ3v) is 5.28. The molecular weight excluding hydrogens is 306 g/mol. The quantitative estimate of drug-likeness (QED) is 0.776. The second-order valence-corrected chi connectivity index (χ2v) is 6.98. The van der Waals surface area contributed by atoms with Crippen molar-refractivity contribution in [3.05, 3.63) is 46.4 Å². The van der Waals surface area contributed by atoms with Crippen LogP contribution in [0.5, 0.6) is 0 Å². The minimum absolute atomic E-state index is 0.0118. The molecule has 1 N–H and O–H groups in total. The molecule has 118 valence electrons. The smallest absolute Gasteiger partial charge is 0.253 e. The molecule has 0 radical (unpaired) electrons. The molecule has 1 amide bonds. The fourth-order valence-electron chi connectivity index (χ4n) is 2.78. The number of aromatic nitrogens is 2. The molecule has 1 saturated carbocycles. The van der Waals surface area contributed by atoms with Crippen LogP contribution in [0, 0.1) is 5.92 Å². The molecular formula is C18H19N3OS. The first-order valence-electron chi connectivity index (χ1n) is 8.09. The van der Waals surface area contributed by atoms with Gasteiger partial charge in [0, 0.05) is 18.1 Å². The molecule has 0 bridgehead atoms. The number of pyridine rings is 1. The lowest BCUT2D eigenvalue weighted by Crippen LogP contribution is -2.25. The van der Waals surface area contributed by atoms with Gasteiger partial charge in [-0.15, -0.1) is 11.3 Å². The zero-order valence-electron chi connectivity index (χ0n) is 13.1. The van der Waals surface area contributed by atoms with Crippen molar-refractivity contribution in [1.82, 2.24) is 14.7 Å². The van der Waals surface area contributed by atoms with Crippen molar-refractivity contribution in [3.8, 4) is 11.4 Å². The summed E-state index contributed by atoms with van der Waals surface area (Å²) in [4.78, 5) is 17.2. The molecule has 3 heterocycles. The van der Waals surface area contributed by atoms with Gasteiger partial charge in [-0.1, -0.05) is 13.0 Å². The summed E-state index contributed by atoms with van der Waals surface area (Å²) in [7, 11) is 0. The van der Waals surface area contributed by atoms with Crippen molar-refractivity contribution < 1.29 is 4.79 Å². The molecule has 1 fully saturated rings. The van der Waals surface area contributed by atoms with Gasteiger partial charge in [0.25, 0.3) is 5.91 Å². The lowest BCUT2D eigenvalue weighted by molar-refractivity contribution is 0.0953. The molecule has 1 aliphatic carbocycles. The molecule has 0 aliphatic heterocycles. The molecule has 0 saturated heterocycles. The minimum Gasteiger partial charge on any atom is -0.352 e. The Kier molecular flexibility index (Phi) is 3.65. The molecule has 3 aromatic rings. The van der Waals surface area contributed by atoms with Crippen molar-refractivity contribution in [2.24, 2.45) is 5.92 Å². The van der Waals surface area contributed by atoms with Crippen LogP contribution in [0.4, 0.5) is 0 Å². The summed E-state index contributed by atoms with van der Waals surface area (Å²) in [5.41, 5.74) is 3.58. The Morgan fingerprint density at radius 2 is 2.30 bits per heavy atom. The molecule has 5 heteroatoms. The highest BCUT2D eigenvalue weighted by Crippen LogP contribution is 2.29. The van der Waals surface area contributed by atoms with Gasteiger partial charge in [0.1, 0.15) is 0 Å². The highest BCUT2D eigenvalue weighted by Gasteiger charge is 2.23. The molecule has 0 unspecified atom stereocenters. The van der Waals surface area contributed by atoms with E-state index < -0.39 is 0 Å². The Morgan fingerprint density at radius 1 is 1.43 bits per heavy atom. The number of amides is 1. The van der Waals surface area contributed by atoms with E-state index in [9.17, 15) is 4.79 Å². The van der Waals surface area contributed by atoms with Crippen molar-refractivity contribution in [2.45, 2.75) is 26.2 Å². The zero-order chi connectivity index (χ0) is 15.8. The van der Waals surface area contributed by atoms with E-state index in [4.69, 9.17) is 0 Å². The second kappa shape index (κ2) is 5.81. The highest BCUT2D eigenvalue weighted by molar-refractivity contribution is 7.09. The number of thiazole rings is 1. The van der Waals surface area contributed by atoms with E-state index in [0.717, 1.165) is 40.4 Å². The van der Waals surface area contributed by atoms with Gasteiger partial charge in [0.15, 0.2) is 0 Å². The number of aryl methyl sites for hydroxylation is 1. The Labute approximate surface area is 139 Å². The maximum atomic E-state index is 12.6. The summed E-state index contributed by atoms with van der Waals surface area (Å²) in [6.07, 6.45) is 5.40. The van der Waals surface area contributed by atoms with E-state index in [-0.39, 0.29) is 5.91 Å². The van der Waals surface area contributed by atoms with E-state index in [1.165, 1.54) is 12.8 Å². The van der Waals surface area contributed by atoms with Crippen molar-refractivity contribution in [1.29, 1.82) is 0 Å². The predicted molar refractivity (Wildman–Crippen MR) is 92.9 cm³/mol. The molecule has 1 aliphatic rings. The number of hydrogen-bond donors (Lipinski definition) is 1. The first kappa shape index (κ1) is 14.5. The fourth-order valence-corrected chi connectivity index (χ4v) is 3.52. The van der Waals surface area contributed by atoms with Gasteiger partial charge >= 0.3 is 0 Å². The number of hydrogen-bond acceptors (Lipinski definition) is 3. The number of nitrogens with one attached hydrogen (secondary N) is 1. The molecule has 23 heavy (non-hydrogen) atoms. The van der Waals surface area contributed by atoms with Gasteiger partial charge < -0.3 is 9.72 Å². The van der Waals surface area contributed by atoms with Crippen LogP contribution in [0.15, 0.2) is 35.8 Å². The lowest BCUT2D eigenvalue weighted by Gasteiger charge is -2.03. The number of carbonyl (C=O) groups excluding carboxylic acids is 1. The fraction of sp³-hybridized carbons (Fsp3) is 0.333. The van der Waals surface area contributed by atoms with E-state index in [0.29, 0.717) is 5.92 Å². The normalized spacial score (nSPS) is 14.3. The van der Waals surface area contributed by atoms with Gasteiger partial charge in [-0.05, 0) is 43.4 Å². The Hall–Kier alpha value is -2.14. The molecule has 4 rings (SSSR count). The van der Waals surface area contributed by atoms with Crippen LogP contribution in [0.2, 0.25) is 0 Å². The highest BCUT2D eigenvalue weighted by atomic mass is 32.1. The average Bonchev–Trinajstić information content (AvgIpc) is 3.15. The van der Waals surface area contributed by atoms with Crippen molar-refractivity contribution in [2.75, 3.05) is 6.54 Å². The first-order valence-corrected chi connectivity index (χ1v) is 8.97. The van der Waals surface area contributed by atoms with Crippen LogP contribution in [-0.2, 0) is 6.42 Å². The first-order chi connectivity index (χ1) is 11.3. The Morgan fingerprint density at radius 3 is 3.04 bits per heavy atom. The summed E-state index contributed by atoms with van der Waals surface area (Å²) >= 11 is 1.67. The molecule has 0 spiro atoms.